The first-order chi connectivity index (χ1) is 12.7. The van der Waals surface area contributed by atoms with Crippen LogP contribution in [-0.4, -0.2) is 21.4 Å². The average Bonchev–Trinajstić information content (AvgIpc) is 3.09. The number of nitrogens with zero attached hydrogens (tertiary/aromatic N) is 2. The van der Waals surface area contributed by atoms with Gasteiger partial charge in [0.2, 0.25) is 11.8 Å². The van der Waals surface area contributed by atoms with Crippen LogP contribution < -0.4 is 0 Å². The molecule has 4 nitrogen and oxygen atoms in total. The molecule has 5 heteroatoms. The Labute approximate surface area is 161 Å². The van der Waals surface area contributed by atoms with Gasteiger partial charge in [-0.15, -0.1) is 10.2 Å². The van der Waals surface area contributed by atoms with Gasteiger partial charge in [0.1, 0.15) is 0 Å². The maximum Gasteiger partial charge on any atom is 0.249 e. The van der Waals surface area contributed by atoms with Crippen LogP contribution in [0.1, 0.15) is 64.2 Å². The summed E-state index contributed by atoms with van der Waals surface area (Å²) in [4.78, 5) is 0. The fraction of sp³-hybridized carbons (Fsp3) is 0.524. The predicted molar refractivity (Wildman–Crippen MR) is 106 cm³/mol. The summed E-state index contributed by atoms with van der Waals surface area (Å²) in [7, 11) is 0. The molecule has 0 spiro atoms. The highest BCUT2D eigenvalue weighted by Gasteiger charge is 2.11. The molecule has 142 valence electrons. The topological polar surface area (TPSA) is 59.2 Å². The molecule has 0 aliphatic heterocycles. The number of benzene rings is 1. The standard InChI is InChI=1S/C21H29ClN2O2/c1-2-12-17(25)13-8-6-4-3-5-7-9-16-20-23-24-21(26-20)18-14-10-11-15-19(18)22/h6,8,10-11,14-15,17,25H,2-5,7,9,12-13,16H2,1H3/b8-6+. The molecular formula is C21H29ClN2O2. The predicted octanol–water partition coefficient (Wildman–Crippen LogP) is 5.99. The van der Waals surface area contributed by atoms with Gasteiger partial charge in [0.05, 0.1) is 16.7 Å². The van der Waals surface area contributed by atoms with Gasteiger partial charge in [-0.1, -0.05) is 62.1 Å². The first kappa shape index (κ1) is 20.7. The Morgan fingerprint density at radius 3 is 2.73 bits per heavy atom. The molecule has 1 atom stereocenters. The van der Waals surface area contributed by atoms with Crippen molar-refractivity contribution in [1.29, 1.82) is 0 Å². The maximum absolute atomic E-state index is 9.64. The van der Waals surface area contributed by atoms with Crippen LogP contribution >= 0.6 is 11.6 Å². The Morgan fingerprint density at radius 1 is 1.12 bits per heavy atom. The van der Waals surface area contributed by atoms with Crippen LogP contribution in [0.15, 0.2) is 40.8 Å². The molecule has 0 saturated heterocycles. The lowest BCUT2D eigenvalue weighted by Crippen LogP contribution is -2.02. The number of aryl methyl sites for hydroxylation is 1. The van der Waals surface area contributed by atoms with E-state index < -0.39 is 0 Å². The number of hydrogen-bond acceptors (Lipinski definition) is 4. The number of aliphatic hydroxyl groups excluding tert-OH is 1. The van der Waals surface area contributed by atoms with Crippen molar-refractivity contribution in [3.63, 3.8) is 0 Å². The highest BCUT2D eigenvalue weighted by Crippen LogP contribution is 2.26. The Bertz CT molecular complexity index is 670. The van der Waals surface area contributed by atoms with E-state index in [1.165, 1.54) is 12.8 Å². The third kappa shape index (κ3) is 7.30. The van der Waals surface area contributed by atoms with Gasteiger partial charge in [0, 0.05) is 6.42 Å². The van der Waals surface area contributed by atoms with Gasteiger partial charge in [-0.05, 0) is 44.2 Å². The van der Waals surface area contributed by atoms with Gasteiger partial charge >= 0.3 is 0 Å². The van der Waals surface area contributed by atoms with Gasteiger partial charge < -0.3 is 9.52 Å². The number of aliphatic hydroxyl groups is 1. The van der Waals surface area contributed by atoms with E-state index >= 15 is 0 Å². The molecule has 2 rings (SSSR count). The number of rotatable bonds is 12. The van der Waals surface area contributed by atoms with Crippen molar-refractivity contribution in [2.24, 2.45) is 0 Å². The Kier molecular flexibility index (Phi) is 9.43. The lowest BCUT2D eigenvalue weighted by Gasteiger charge is -2.04. The van der Waals surface area contributed by atoms with Crippen molar-refractivity contribution >= 4 is 11.6 Å². The third-order valence-electron chi connectivity index (χ3n) is 4.28. The Hall–Kier alpha value is -1.65. The fourth-order valence-electron chi connectivity index (χ4n) is 2.81. The van der Waals surface area contributed by atoms with Gasteiger partial charge in [-0.2, -0.15) is 0 Å². The lowest BCUT2D eigenvalue weighted by molar-refractivity contribution is 0.166. The normalized spacial score (nSPS) is 12.7. The molecular weight excluding hydrogens is 348 g/mol. The quantitative estimate of drug-likeness (QED) is 0.365. The zero-order valence-electron chi connectivity index (χ0n) is 15.5. The highest BCUT2D eigenvalue weighted by atomic mass is 35.5. The molecule has 0 radical (unpaired) electrons. The molecule has 0 saturated carbocycles. The molecule has 1 N–H and O–H groups in total. The first-order valence-electron chi connectivity index (χ1n) is 9.61. The molecule has 26 heavy (non-hydrogen) atoms. The lowest BCUT2D eigenvalue weighted by atomic mass is 10.1. The average molecular weight is 377 g/mol. The van der Waals surface area contributed by atoms with Crippen LogP contribution in [0.4, 0.5) is 0 Å². The molecule has 0 amide bonds. The minimum Gasteiger partial charge on any atom is -0.421 e. The minimum atomic E-state index is -0.179. The zero-order valence-corrected chi connectivity index (χ0v) is 16.3. The summed E-state index contributed by atoms with van der Waals surface area (Å²) in [6.07, 6.45) is 13.3. The summed E-state index contributed by atoms with van der Waals surface area (Å²) in [5.41, 5.74) is 0.781. The number of allylic oxidation sites excluding steroid dienone is 1. The minimum absolute atomic E-state index is 0.179. The molecule has 1 unspecified atom stereocenters. The molecule has 0 fully saturated rings. The van der Waals surface area contributed by atoms with Crippen LogP contribution in [0.25, 0.3) is 11.5 Å². The third-order valence-corrected chi connectivity index (χ3v) is 4.61. The van der Waals surface area contributed by atoms with E-state index in [-0.39, 0.29) is 6.10 Å². The summed E-state index contributed by atoms with van der Waals surface area (Å²) in [5.74, 6) is 1.16. The summed E-state index contributed by atoms with van der Waals surface area (Å²) < 4.78 is 5.71. The van der Waals surface area contributed by atoms with Gasteiger partial charge in [0.25, 0.3) is 0 Å². The Morgan fingerprint density at radius 2 is 1.92 bits per heavy atom. The van der Waals surface area contributed by atoms with Crippen LogP contribution in [0.3, 0.4) is 0 Å². The van der Waals surface area contributed by atoms with Crippen molar-refractivity contribution < 1.29 is 9.52 Å². The molecule has 0 aliphatic rings. The van der Waals surface area contributed by atoms with Crippen LogP contribution in [0, 0.1) is 0 Å². The van der Waals surface area contributed by atoms with E-state index in [2.05, 4.69) is 29.3 Å². The second-order valence-corrected chi connectivity index (χ2v) is 6.99. The van der Waals surface area contributed by atoms with Crippen molar-refractivity contribution in [3.05, 3.63) is 47.3 Å². The second-order valence-electron chi connectivity index (χ2n) is 6.58. The van der Waals surface area contributed by atoms with Gasteiger partial charge in [-0.3, -0.25) is 0 Å². The molecule has 2 aromatic rings. The van der Waals surface area contributed by atoms with E-state index in [1.807, 2.05) is 24.3 Å². The first-order valence-corrected chi connectivity index (χ1v) is 9.98. The monoisotopic (exact) mass is 376 g/mol. The van der Waals surface area contributed by atoms with Gasteiger partial charge in [0.15, 0.2) is 0 Å². The van der Waals surface area contributed by atoms with E-state index in [1.54, 1.807) is 0 Å². The van der Waals surface area contributed by atoms with E-state index in [9.17, 15) is 5.11 Å². The van der Waals surface area contributed by atoms with Crippen molar-refractivity contribution in [2.75, 3.05) is 0 Å². The fourth-order valence-corrected chi connectivity index (χ4v) is 3.03. The molecule has 0 aliphatic carbocycles. The zero-order chi connectivity index (χ0) is 18.6. The van der Waals surface area contributed by atoms with E-state index in [0.717, 1.165) is 50.5 Å². The molecule has 0 bridgehead atoms. The molecule has 1 aromatic carbocycles. The van der Waals surface area contributed by atoms with E-state index in [0.29, 0.717) is 16.8 Å². The second kappa shape index (κ2) is 11.9. The number of hydrogen-bond donors (Lipinski definition) is 1. The van der Waals surface area contributed by atoms with Crippen LogP contribution in [0.5, 0.6) is 0 Å². The van der Waals surface area contributed by atoms with Crippen molar-refractivity contribution in [2.45, 2.75) is 70.8 Å². The largest absolute Gasteiger partial charge is 0.421 e. The summed E-state index contributed by atoms with van der Waals surface area (Å²) >= 11 is 6.15. The number of aromatic nitrogens is 2. The van der Waals surface area contributed by atoms with E-state index in [4.69, 9.17) is 16.0 Å². The van der Waals surface area contributed by atoms with Crippen LogP contribution in [-0.2, 0) is 6.42 Å². The van der Waals surface area contributed by atoms with Crippen LogP contribution in [0.2, 0.25) is 5.02 Å². The number of unbranched alkanes of at least 4 members (excludes halogenated alkanes) is 4. The maximum atomic E-state index is 9.64. The SMILES string of the molecule is CCCC(O)C/C=C/CCCCCCc1nnc(-c2ccccc2Cl)o1. The Balaban J connectivity index is 1.58. The van der Waals surface area contributed by atoms with Crippen molar-refractivity contribution in [1.82, 2.24) is 10.2 Å². The van der Waals surface area contributed by atoms with Gasteiger partial charge in [-0.25, -0.2) is 0 Å². The summed E-state index contributed by atoms with van der Waals surface area (Å²) in [6, 6.07) is 7.49. The summed E-state index contributed by atoms with van der Waals surface area (Å²) in [6.45, 7) is 2.10. The molecule has 1 aromatic heterocycles. The molecule has 1 heterocycles. The number of halogens is 1. The summed E-state index contributed by atoms with van der Waals surface area (Å²) in [5, 5.41) is 18.5. The smallest absolute Gasteiger partial charge is 0.249 e. The highest BCUT2D eigenvalue weighted by molar-refractivity contribution is 6.33. The van der Waals surface area contributed by atoms with Crippen molar-refractivity contribution in [3.8, 4) is 11.5 Å².